The molecule has 0 saturated carbocycles. The second kappa shape index (κ2) is 21.2. The smallest absolute Gasteiger partial charge is 0.272 e. The molecule has 5 amide bonds. The highest BCUT2D eigenvalue weighted by molar-refractivity contribution is 6.07. The zero-order chi connectivity index (χ0) is 47.2. The molecule has 2 aromatic rings. The predicted molar refractivity (Wildman–Crippen MR) is 249 cm³/mol. The van der Waals surface area contributed by atoms with E-state index in [1.54, 1.807) is 36.1 Å². The fourth-order valence-corrected chi connectivity index (χ4v) is 9.81. The van der Waals surface area contributed by atoms with Gasteiger partial charge in [0.1, 0.15) is 12.2 Å². The highest BCUT2D eigenvalue weighted by Crippen LogP contribution is 2.40. The lowest BCUT2D eigenvalue weighted by Gasteiger charge is -2.42. The standard InChI is InChI=1S/C47H66F2N12O5/c1-29(62)59-23-18-37(35(28-59)45(51)60-20-9-10-30-24-33(31-26-56(2)57(3)27-31)34(44(48)49)25-40(30)60)54-32-16-21-58(22-17-32)42(64)13-6-4-5-7-19-53-38-12-8-11-36(50)43(38)47(66)61(52)39-14-15-41(63)55-46(39)65/h8,11-12,24-26,32,39,44-45,53-54H,4-7,9-10,13-23,27-28,50-52H2,1-3H3,(H,55,63,65). The maximum Gasteiger partial charge on any atom is 0.272 e. The quantitative estimate of drug-likeness (QED) is 0.0355. The number of nitrogens with one attached hydrogen (secondary N) is 3. The van der Waals surface area contributed by atoms with E-state index >= 15 is 0 Å². The number of alkyl halides is 2. The Kier molecular flexibility index (Phi) is 15.5. The van der Waals surface area contributed by atoms with Gasteiger partial charge in [-0.05, 0) is 85.9 Å². The number of amides is 5. The van der Waals surface area contributed by atoms with Crippen molar-refractivity contribution in [3.63, 3.8) is 0 Å². The van der Waals surface area contributed by atoms with Crippen molar-refractivity contribution in [1.82, 2.24) is 35.5 Å². The van der Waals surface area contributed by atoms with Crippen LogP contribution in [0.4, 0.5) is 25.8 Å². The maximum absolute atomic E-state index is 14.7. The van der Waals surface area contributed by atoms with Crippen LogP contribution in [0.2, 0.25) is 0 Å². The van der Waals surface area contributed by atoms with Crippen LogP contribution in [0.1, 0.15) is 111 Å². The van der Waals surface area contributed by atoms with E-state index in [4.69, 9.17) is 17.3 Å². The number of nitrogen functional groups attached to an aromatic ring is 1. The second-order valence-electron chi connectivity index (χ2n) is 18.2. The molecule has 66 heavy (non-hydrogen) atoms. The molecule has 17 nitrogen and oxygen atoms in total. The van der Waals surface area contributed by atoms with E-state index in [2.05, 4.69) is 16.0 Å². The number of hydrogen-bond donors (Lipinski definition) is 6. The van der Waals surface area contributed by atoms with Gasteiger partial charge in [-0.15, -0.1) is 0 Å². The number of unbranched alkanes of at least 4 members (excludes halogenated alkanes) is 3. The number of imide groups is 1. The summed E-state index contributed by atoms with van der Waals surface area (Å²) in [4.78, 5) is 69.0. The molecule has 5 aliphatic rings. The number of halogens is 2. The van der Waals surface area contributed by atoms with Gasteiger partial charge in [-0.3, -0.25) is 34.3 Å². The second-order valence-corrected chi connectivity index (χ2v) is 18.2. The third-order valence-corrected chi connectivity index (χ3v) is 13.7. The van der Waals surface area contributed by atoms with Gasteiger partial charge in [0.25, 0.3) is 18.2 Å². The molecule has 9 N–H and O–H groups in total. The lowest BCUT2D eigenvalue weighted by Crippen LogP contribution is -2.57. The number of hydrazine groups is 2. The monoisotopic (exact) mass is 917 g/mol. The molecule has 2 fully saturated rings. The summed E-state index contributed by atoms with van der Waals surface area (Å²) in [6.45, 7) is 5.41. The fraction of sp³-hybridized carbons (Fsp3) is 0.553. The lowest BCUT2D eigenvalue weighted by atomic mass is 9.91. The van der Waals surface area contributed by atoms with Gasteiger partial charge >= 0.3 is 0 Å². The van der Waals surface area contributed by atoms with Crippen molar-refractivity contribution >= 4 is 52.2 Å². The van der Waals surface area contributed by atoms with E-state index in [-0.39, 0.29) is 47.5 Å². The molecule has 5 aliphatic heterocycles. The molecule has 19 heteroatoms. The molecule has 358 valence electrons. The van der Waals surface area contributed by atoms with Gasteiger partial charge in [0.2, 0.25) is 17.7 Å². The van der Waals surface area contributed by atoms with Crippen molar-refractivity contribution in [2.24, 2.45) is 11.6 Å². The average molecular weight is 917 g/mol. The number of nitrogens with two attached hydrogens (primary N) is 3. The van der Waals surface area contributed by atoms with Crippen LogP contribution < -0.4 is 38.2 Å². The summed E-state index contributed by atoms with van der Waals surface area (Å²) in [6, 6.07) is 7.73. The summed E-state index contributed by atoms with van der Waals surface area (Å²) >= 11 is 0. The number of piperidine rings is 2. The van der Waals surface area contributed by atoms with Gasteiger partial charge < -0.3 is 41.8 Å². The summed E-state index contributed by atoms with van der Waals surface area (Å²) in [5.41, 5.74) is 19.2. The van der Waals surface area contributed by atoms with E-state index in [0.717, 1.165) is 84.5 Å². The first kappa shape index (κ1) is 48.2. The Bertz CT molecular complexity index is 2230. The number of hydrogen-bond acceptors (Lipinski definition) is 13. The highest BCUT2D eigenvalue weighted by atomic mass is 19.3. The third kappa shape index (κ3) is 10.9. The molecule has 0 bridgehead atoms. The van der Waals surface area contributed by atoms with E-state index in [1.807, 2.05) is 46.2 Å². The molecular weight excluding hydrogens is 851 g/mol. The first-order valence-electron chi connectivity index (χ1n) is 23.3. The van der Waals surface area contributed by atoms with Crippen molar-refractivity contribution < 1.29 is 32.8 Å². The number of carbonyl (C=O) groups excluding carboxylic acids is 5. The van der Waals surface area contributed by atoms with E-state index in [9.17, 15) is 32.8 Å². The van der Waals surface area contributed by atoms with Gasteiger partial charge in [0.05, 0.1) is 5.56 Å². The first-order chi connectivity index (χ1) is 31.6. The number of nitrogens with zero attached hydrogens (tertiary/aromatic N) is 6. The number of anilines is 3. The molecule has 2 unspecified atom stereocenters. The molecule has 2 aromatic carbocycles. The van der Waals surface area contributed by atoms with E-state index < -0.39 is 36.4 Å². The van der Waals surface area contributed by atoms with Crippen molar-refractivity contribution in [1.29, 1.82) is 0 Å². The van der Waals surface area contributed by atoms with Crippen LogP contribution in [0.3, 0.4) is 0 Å². The molecule has 7 rings (SSSR count). The average Bonchev–Trinajstić information content (AvgIpc) is 3.64. The van der Waals surface area contributed by atoms with Gasteiger partial charge in [-0.2, -0.15) is 0 Å². The van der Waals surface area contributed by atoms with Crippen LogP contribution >= 0.6 is 0 Å². The van der Waals surface area contributed by atoms with Crippen molar-refractivity contribution in [3.05, 3.63) is 70.1 Å². The number of likely N-dealkylation sites (N-methyl/N-ethyl adjacent to an activating group) is 1. The Morgan fingerprint density at radius 3 is 2.39 bits per heavy atom. The lowest BCUT2D eigenvalue weighted by molar-refractivity contribution is -0.137. The van der Waals surface area contributed by atoms with Gasteiger partial charge in [-0.1, -0.05) is 18.9 Å². The van der Waals surface area contributed by atoms with Crippen molar-refractivity contribution in [2.45, 2.75) is 109 Å². The molecule has 2 saturated heterocycles. The first-order valence-corrected chi connectivity index (χ1v) is 23.3. The summed E-state index contributed by atoms with van der Waals surface area (Å²) < 4.78 is 29.4. The number of aryl methyl sites for hydroxylation is 1. The summed E-state index contributed by atoms with van der Waals surface area (Å²) in [5, 5.41) is 14.0. The SMILES string of the molecule is CC(=O)N1CCC(NC2CCN(C(=O)CCCCCCNc3cccc(N)c3C(=O)N(N)C3CCC(=O)NC3=O)CC2)=C(C(N)N2CCCc3cc(C4=CN(C)N(C)C4)c(C(F)F)cc32)C1. The Morgan fingerprint density at radius 1 is 0.939 bits per heavy atom. The number of rotatable bonds is 16. The third-order valence-electron chi connectivity index (χ3n) is 13.7. The van der Waals surface area contributed by atoms with Crippen molar-refractivity contribution in [3.8, 4) is 0 Å². The topological polar surface area (TPSA) is 219 Å². The Hall–Kier alpha value is -5.79. The predicted octanol–water partition coefficient (Wildman–Crippen LogP) is 3.65. The highest BCUT2D eigenvalue weighted by Gasteiger charge is 2.36. The zero-order valence-electron chi connectivity index (χ0n) is 38.4. The molecule has 0 aliphatic carbocycles. The number of benzene rings is 2. The summed E-state index contributed by atoms with van der Waals surface area (Å²) in [6.07, 6.45) is 6.25. The Labute approximate surface area is 385 Å². The van der Waals surface area contributed by atoms with Gasteiger partial charge in [0.15, 0.2) is 0 Å². The van der Waals surface area contributed by atoms with Crippen molar-refractivity contribution in [2.75, 3.05) is 75.9 Å². The molecule has 0 aromatic heterocycles. The van der Waals surface area contributed by atoms with E-state index in [0.29, 0.717) is 69.9 Å². The minimum atomic E-state index is -2.66. The van der Waals surface area contributed by atoms with Crippen LogP contribution in [-0.2, 0) is 25.6 Å². The number of carbonyl (C=O) groups is 5. The van der Waals surface area contributed by atoms with Gasteiger partial charge in [0, 0.05) is 132 Å². The zero-order valence-corrected chi connectivity index (χ0v) is 38.4. The Morgan fingerprint density at radius 2 is 1.70 bits per heavy atom. The molecule has 0 radical (unpaired) electrons. The number of likely N-dealkylation sites (tertiary alicyclic amines) is 1. The minimum absolute atomic E-state index is 0.00549. The number of fused-ring (bicyclic) bond motifs is 1. The molecule has 5 heterocycles. The van der Waals surface area contributed by atoms with Crippen LogP contribution in [0, 0.1) is 0 Å². The normalized spacial score (nSPS) is 20.1. The fourth-order valence-electron chi connectivity index (χ4n) is 9.81. The molecular formula is C47H66F2N12O5. The van der Waals surface area contributed by atoms with Crippen LogP contribution in [0.5, 0.6) is 0 Å². The van der Waals surface area contributed by atoms with Gasteiger partial charge in [-0.25, -0.2) is 19.6 Å². The summed E-state index contributed by atoms with van der Waals surface area (Å²) in [7, 11) is 3.83. The molecule has 2 atom stereocenters. The van der Waals surface area contributed by atoms with Crippen LogP contribution in [0.15, 0.2) is 47.8 Å². The molecule has 0 spiro atoms. The van der Waals surface area contributed by atoms with Crippen LogP contribution in [0.25, 0.3) is 5.57 Å². The van der Waals surface area contributed by atoms with E-state index in [1.165, 1.54) is 0 Å². The minimum Gasteiger partial charge on any atom is -0.398 e. The largest absolute Gasteiger partial charge is 0.398 e. The maximum atomic E-state index is 14.7. The van der Waals surface area contributed by atoms with Crippen LogP contribution in [-0.4, -0.2) is 133 Å². The summed E-state index contributed by atoms with van der Waals surface area (Å²) in [5.74, 6) is 4.53. The Balaban J connectivity index is 0.893.